The molecule has 0 radical (unpaired) electrons. The van der Waals surface area contributed by atoms with Crippen molar-refractivity contribution in [1.29, 1.82) is 0 Å². The fourth-order valence-electron chi connectivity index (χ4n) is 2.93. The number of anilines is 2. The minimum Gasteiger partial charge on any atom is -0.395 e. The Kier molecular flexibility index (Phi) is 5.97. The molecule has 1 aromatic heterocycles. The summed E-state index contributed by atoms with van der Waals surface area (Å²) < 4.78 is 0. The van der Waals surface area contributed by atoms with Gasteiger partial charge in [0.25, 0.3) is 0 Å². The largest absolute Gasteiger partial charge is 0.395 e. The molecule has 0 aliphatic carbocycles. The third-order valence-electron chi connectivity index (χ3n) is 4.28. The standard InChI is InChI=1S/C16H29N5O/c1-12(2)21-8-5-13(6-9-21)15-14(17-7-10-22)11-18-16(19-15)20(3)4/h11-13,17,22H,5-10H2,1-4H3. The molecular weight excluding hydrogens is 278 g/mol. The van der Waals surface area contributed by atoms with E-state index in [1.807, 2.05) is 25.2 Å². The van der Waals surface area contributed by atoms with Crippen LogP contribution in [0.25, 0.3) is 0 Å². The highest BCUT2D eigenvalue weighted by molar-refractivity contribution is 5.50. The van der Waals surface area contributed by atoms with Crippen molar-refractivity contribution in [3.8, 4) is 0 Å². The van der Waals surface area contributed by atoms with Crippen LogP contribution in [0, 0.1) is 0 Å². The lowest BCUT2D eigenvalue weighted by Crippen LogP contribution is -2.38. The first-order valence-electron chi connectivity index (χ1n) is 8.16. The number of likely N-dealkylation sites (tertiary alicyclic amines) is 1. The monoisotopic (exact) mass is 307 g/mol. The van der Waals surface area contributed by atoms with Crippen LogP contribution < -0.4 is 10.2 Å². The topological polar surface area (TPSA) is 64.5 Å². The highest BCUT2D eigenvalue weighted by Gasteiger charge is 2.25. The molecule has 1 aliphatic heterocycles. The average molecular weight is 307 g/mol. The lowest BCUT2D eigenvalue weighted by Gasteiger charge is -2.35. The summed E-state index contributed by atoms with van der Waals surface area (Å²) in [6.45, 7) is 7.38. The van der Waals surface area contributed by atoms with Gasteiger partial charge in [-0.15, -0.1) is 0 Å². The molecule has 0 amide bonds. The number of aliphatic hydroxyl groups excluding tert-OH is 1. The molecule has 22 heavy (non-hydrogen) atoms. The number of hydrogen-bond donors (Lipinski definition) is 2. The van der Waals surface area contributed by atoms with Gasteiger partial charge < -0.3 is 20.2 Å². The Hall–Kier alpha value is -1.40. The SMILES string of the molecule is CC(C)N1CCC(c2nc(N(C)C)ncc2NCCO)CC1. The molecule has 2 rings (SSSR count). The fourth-order valence-corrected chi connectivity index (χ4v) is 2.93. The van der Waals surface area contributed by atoms with E-state index in [1.54, 1.807) is 0 Å². The molecule has 0 bridgehead atoms. The van der Waals surface area contributed by atoms with Crippen molar-refractivity contribution in [3.05, 3.63) is 11.9 Å². The molecule has 0 saturated carbocycles. The van der Waals surface area contributed by atoms with Crippen LogP contribution in [-0.4, -0.2) is 66.4 Å². The Bertz CT molecular complexity index is 470. The first-order valence-corrected chi connectivity index (χ1v) is 8.16. The maximum Gasteiger partial charge on any atom is 0.225 e. The van der Waals surface area contributed by atoms with E-state index in [2.05, 4.69) is 29.0 Å². The third kappa shape index (κ3) is 4.08. The summed E-state index contributed by atoms with van der Waals surface area (Å²) in [7, 11) is 3.92. The number of aromatic nitrogens is 2. The number of rotatable bonds is 6. The van der Waals surface area contributed by atoms with Gasteiger partial charge in [0, 0.05) is 32.6 Å². The van der Waals surface area contributed by atoms with Crippen LogP contribution in [0.15, 0.2) is 6.20 Å². The van der Waals surface area contributed by atoms with E-state index in [0.717, 1.165) is 43.3 Å². The minimum absolute atomic E-state index is 0.112. The Balaban J connectivity index is 2.18. The van der Waals surface area contributed by atoms with Gasteiger partial charge in [-0.25, -0.2) is 9.97 Å². The number of aliphatic hydroxyl groups is 1. The van der Waals surface area contributed by atoms with Crippen LogP contribution in [0.1, 0.15) is 38.3 Å². The molecule has 6 nitrogen and oxygen atoms in total. The summed E-state index contributed by atoms with van der Waals surface area (Å²) >= 11 is 0. The zero-order chi connectivity index (χ0) is 16.1. The molecular formula is C16H29N5O. The van der Waals surface area contributed by atoms with Crippen molar-refractivity contribution >= 4 is 11.6 Å². The van der Waals surface area contributed by atoms with Crippen molar-refractivity contribution in [2.24, 2.45) is 0 Å². The van der Waals surface area contributed by atoms with Crippen molar-refractivity contribution in [1.82, 2.24) is 14.9 Å². The molecule has 0 aromatic carbocycles. The van der Waals surface area contributed by atoms with Crippen LogP contribution in [0.4, 0.5) is 11.6 Å². The molecule has 1 fully saturated rings. The third-order valence-corrected chi connectivity index (χ3v) is 4.28. The first-order chi connectivity index (χ1) is 10.5. The maximum absolute atomic E-state index is 9.05. The lowest BCUT2D eigenvalue weighted by molar-refractivity contribution is 0.171. The predicted molar refractivity (Wildman–Crippen MR) is 90.6 cm³/mol. The molecule has 2 N–H and O–H groups in total. The van der Waals surface area contributed by atoms with E-state index in [-0.39, 0.29) is 6.61 Å². The molecule has 0 atom stereocenters. The Morgan fingerprint density at radius 3 is 2.59 bits per heavy atom. The van der Waals surface area contributed by atoms with Gasteiger partial charge in [-0.3, -0.25) is 0 Å². The van der Waals surface area contributed by atoms with E-state index < -0.39 is 0 Å². The number of nitrogens with zero attached hydrogens (tertiary/aromatic N) is 4. The number of piperidine rings is 1. The lowest BCUT2D eigenvalue weighted by atomic mass is 9.91. The second kappa shape index (κ2) is 7.74. The van der Waals surface area contributed by atoms with Crippen LogP contribution >= 0.6 is 0 Å². The predicted octanol–water partition coefficient (Wildman–Crippen LogP) is 1.53. The van der Waals surface area contributed by atoms with Crippen molar-refractivity contribution in [2.45, 2.75) is 38.6 Å². The molecule has 0 unspecified atom stereocenters. The summed E-state index contributed by atoms with van der Waals surface area (Å²) in [6, 6.07) is 0.607. The smallest absolute Gasteiger partial charge is 0.225 e. The highest BCUT2D eigenvalue weighted by atomic mass is 16.3. The maximum atomic E-state index is 9.05. The highest BCUT2D eigenvalue weighted by Crippen LogP contribution is 2.32. The zero-order valence-corrected chi connectivity index (χ0v) is 14.2. The molecule has 1 saturated heterocycles. The van der Waals surface area contributed by atoms with Gasteiger partial charge in [0.05, 0.1) is 24.2 Å². The molecule has 1 aromatic rings. The van der Waals surface area contributed by atoms with Crippen molar-refractivity contribution in [3.63, 3.8) is 0 Å². The van der Waals surface area contributed by atoms with Gasteiger partial charge in [0.1, 0.15) is 0 Å². The fraction of sp³-hybridized carbons (Fsp3) is 0.750. The molecule has 2 heterocycles. The van der Waals surface area contributed by atoms with Crippen LogP contribution in [0.5, 0.6) is 0 Å². The summed E-state index contributed by atoms with van der Waals surface area (Å²) in [5, 5.41) is 12.3. The minimum atomic E-state index is 0.112. The summed E-state index contributed by atoms with van der Waals surface area (Å²) in [6.07, 6.45) is 4.09. The second-order valence-electron chi connectivity index (χ2n) is 6.42. The quantitative estimate of drug-likeness (QED) is 0.831. The molecule has 0 spiro atoms. The van der Waals surface area contributed by atoms with Gasteiger partial charge in [0.2, 0.25) is 5.95 Å². The van der Waals surface area contributed by atoms with Crippen LogP contribution in [0.3, 0.4) is 0 Å². The molecule has 1 aliphatic rings. The Labute approximate surface area is 133 Å². The van der Waals surface area contributed by atoms with E-state index in [9.17, 15) is 0 Å². The number of nitrogens with one attached hydrogen (secondary N) is 1. The van der Waals surface area contributed by atoms with E-state index >= 15 is 0 Å². The number of hydrogen-bond acceptors (Lipinski definition) is 6. The Morgan fingerprint density at radius 1 is 1.36 bits per heavy atom. The van der Waals surface area contributed by atoms with E-state index in [4.69, 9.17) is 10.1 Å². The van der Waals surface area contributed by atoms with Crippen LogP contribution in [0.2, 0.25) is 0 Å². The Morgan fingerprint density at radius 2 is 2.05 bits per heavy atom. The molecule has 6 heteroatoms. The van der Waals surface area contributed by atoms with Gasteiger partial charge in [0.15, 0.2) is 0 Å². The van der Waals surface area contributed by atoms with Crippen molar-refractivity contribution < 1.29 is 5.11 Å². The second-order valence-corrected chi connectivity index (χ2v) is 6.42. The van der Waals surface area contributed by atoms with E-state index in [1.165, 1.54) is 0 Å². The van der Waals surface area contributed by atoms with Crippen molar-refractivity contribution in [2.75, 3.05) is 50.6 Å². The van der Waals surface area contributed by atoms with Gasteiger partial charge in [-0.2, -0.15) is 0 Å². The van der Waals surface area contributed by atoms with Gasteiger partial charge >= 0.3 is 0 Å². The summed E-state index contributed by atoms with van der Waals surface area (Å²) in [4.78, 5) is 13.6. The summed E-state index contributed by atoms with van der Waals surface area (Å²) in [5.74, 6) is 1.20. The molecule has 124 valence electrons. The summed E-state index contributed by atoms with van der Waals surface area (Å²) in [5.41, 5.74) is 2.05. The average Bonchev–Trinajstić information content (AvgIpc) is 2.52. The zero-order valence-electron chi connectivity index (χ0n) is 14.2. The van der Waals surface area contributed by atoms with Gasteiger partial charge in [-0.05, 0) is 39.8 Å². The normalized spacial score (nSPS) is 17.0. The van der Waals surface area contributed by atoms with Gasteiger partial charge in [-0.1, -0.05) is 0 Å². The van der Waals surface area contributed by atoms with E-state index in [0.29, 0.717) is 18.5 Å². The first kappa shape index (κ1) is 17.0. The van der Waals surface area contributed by atoms with Crippen LogP contribution in [-0.2, 0) is 0 Å².